The summed E-state index contributed by atoms with van der Waals surface area (Å²) in [5, 5.41) is 18.0. The number of nitrogens with zero attached hydrogens (tertiary/aromatic N) is 5. The summed E-state index contributed by atoms with van der Waals surface area (Å²) in [4.78, 5) is 17.0. The lowest BCUT2D eigenvalue weighted by molar-refractivity contribution is -0.136. The molecule has 1 aromatic heterocycles. The Balaban J connectivity index is 1.48. The van der Waals surface area contributed by atoms with Crippen LogP contribution in [0.25, 0.3) is 0 Å². The first-order valence-corrected chi connectivity index (χ1v) is 12.4. The molecule has 0 bridgehead atoms. The first-order chi connectivity index (χ1) is 16.9. The summed E-state index contributed by atoms with van der Waals surface area (Å²) < 4.78 is 19.6. The number of aromatic nitrogens is 3. The van der Waals surface area contributed by atoms with Gasteiger partial charge in [0.05, 0.1) is 37.3 Å². The van der Waals surface area contributed by atoms with Crippen LogP contribution in [0, 0.1) is 5.92 Å². The van der Waals surface area contributed by atoms with E-state index >= 15 is 0 Å². The Morgan fingerprint density at radius 2 is 2.06 bits per heavy atom. The molecule has 3 atom stereocenters. The number of carbonyl (C=O) groups excluding carboxylic acids is 1. The van der Waals surface area contributed by atoms with Gasteiger partial charge in [0.1, 0.15) is 13.2 Å². The van der Waals surface area contributed by atoms with Crippen LogP contribution >= 0.6 is 0 Å². The van der Waals surface area contributed by atoms with Crippen LogP contribution in [0.1, 0.15) is 37.9 Å². The Morgan fingerprint density at radius 3 is 2.86 bits per heavy atom. The third kappa shape index (κ3) is 6.50. The molecular formula is C25H37N5O5. The molecule has 192 valence electrons. The fraction of sp³-hybridized carbons (Fsp3) is 0.640. The molecule has 1 amide bonds. The Morgan fingerprint density at radius 1 is 1.26 bits per heavy atom. The quantitative estimate of drug-likeness (QED) is 0.657. The SMILES string of the molecule is C[C@H]1CN([C@@H](C)CO)C(=O)CCCn2nncc2CO[C@@H]1CN(C)Cc1ccc2c(c1)OCCO2. The molecule has 1 N–H and O–H groups in total. The summed E-state index contributed by atoms with van der Waals surface area (Å²) in [5.74, 6) is 1.67. The molecule has 0 aliphatic carbocycles. The van der Waals surface area contributed by atoms with E-state index in [9.17, 15) is 9.90 Å². The minimum Gasteiger partial charge on any atom is -0.486 e. The van der Waals surface area contributed by atoms with Crippen LogP contribution in [-0.4, -0.2) is 87.9 Å². The molecule has 0 fully saturated rings. The van der Waals surface area contributed by atoms with Gasteiger partial charge >= 0.3 is 0 Å². The smallest absolute Gasteiger partial charge is 0.222 e. The normalized spacial score (nSPS) is 22.3. The highest BCUT2D eigenvalue weighted by molar-refractivity contribution is 5.76. The minimum atomic E-state index is -0.245. The topological polar surface area (TPSA) is 102 Å². The first kappa shape index (κ1) is 25.4. The third-order valence-electron chi connectivity index (χ3n) is 6.69. The zero-order chi connectivity index (χ0) is 24.8. The highest BCUT2D eigenvalue weighted by Crippen LogP contribution is 2.31. The molecule has 2 aliphatic rings. The van der Waals surface area contributed by atoms with E-state index in [4.69, 9.17) is 14.2 Å². The van der Waals surface area contributed by atoms with Crippen LogP contribution in [0.5, 0.6) is 11.5 Å². The van der Waals surface area contributed by atoms with Gasteiger partial charge in [-0.15, -0.1) is 5.10 Å². The molecule has 4 rings (SSSR count). The van der Waals surface area contributed by atoms with Crippen molar-refractivity contribution in [3.63, 3.8) is 0 Å². The van der Waals surface area contributed by atoms with Crippen molar-refractivity contribution in [3.05, 3.63) is 35.7 Å². The second kappa shape index (κ2) is 11.8. The van der Waals surface area contributed by atoms with Gasteiger partial charge in [-0.25, -0.2) is 4.68 Å². The number of fused-ring (bicyclic) bond motifs is 2. The third-order valence-corrected chi connectivity index (χ3v) is 6.69. The Labute approximate surface area is 206 Å². The summed E-state index contributed by atoms with van der Waals surface area (Å²) in [6.45, 7) is 8.00. The van der Waals surface area contributed by atoms with Gasteiger partial charge in [-0.05, 0) is 38.1 Å². The lowest BCUT2D eigenvalue weighted by atomic mass is 10.0. The van der Waals surface area contributed by atoms with Crippen molar-refractivity contribution >= 4 is 5.91 Å². The standard InChI is InChI=1S/C25H37N5O5/c1-18-13-29(19(2)16-31)25(32)5-4-8-30-21(12-26-27-30)17-35-24(18)15-28(3)14-20-6-7-22-23(11-20)34-10-9-33-22/h6-7,11-12,18-19,24,31H,4-5,8-10,13-17H2,1-3H3/t18-,19-,24+/m0/s1. The Hall–Kier alpha value is -2.69. The summed E-state index contributed by atoms with van der Waals surface area (Å²) in [6, 6.07) is 5.80. The van der Waals surface area contributed by atoms with E-state index in [1.54, 1.807) is 11.1 Å². The predicted molar refractivity (Wildman–Crippen MR) is 129 cm³/mol. The molecule has 2 aromatic rings. The van der Waals surface area contributed by atoms with Crippen molar-refractivity contribution < 1.29 is 24.1 Å². The molecule has 0 radical (unpaired) electrons. The number of aliphatic hydroxyl groups is 1. The van der Waals surface area contributed by atoms with E-state index in [2.05, 4.69) is 35.2 Å². The predicted octanol–water partition coefficient (Wildman–Crippen LogP) is 1.71. The van der Waals surface area contributed by atoms with Gasteiger partial charge in [0.2, 0.25) is 5.91 Å². The second-order valence-corrected chi connectivity index (χ2v) is 9.63. The van der Waals surface area contributed by atoms with Crippen LogP contribution in [0.15, 0.2) is 24.4 Å². The van der Waals surface area contributed by atoms with Crippen molar-refractivity contribution in [1.82, 2.24) is 24.8 Å². The van der Waals surface area contributed by atoms with Gasteiger partial charge in [-0.1, -0.05) is 18.2 Å². The summed E-state index contributed by atoms with van der Waals surface area (Å²) in [5.41, 5.74) is 2.04. The highest BCUT2D eigenvalue weighted by atomic mass is 16.6. The zero-order valence-electron chi connectivity index (χ0n) is 20.9. The van der Waals surface area contributed by atoms with E-state index in [0.717, 1.165) is 29.3 Å². The molecule has 3 heterocycles. The maximum absolute atomic E-state index is 13.0. The number of aryl methyl sites for hydroxylation is 1. The van der Waals surface area contributed by atoms with Gasteiger partial charge in [-0.3, -0.25) is 9.69 Å². The first-order valence-electron chi connectivity index (χ1n) is 12.4. The highest BCUT2D eigenvalue weighted by Gasteiger charge is 2.28. The molecule has 1 aromatic carbocycles. The number of carbonyl (C=O) groups is 1. The lowest BCUT2D eigenvalue weighted by Gasteiger charge is -2.35. The number of hydrogen-bond acceptors (Lipinski definition) is 8. The average Bonchev–Trinajstić information content (AvgIpc) is 3.30. The average molecular weight is 488 g/mol. The van der Waals surface area contributed by atoms with Gasteiger partial charge in [0.25, 0.3) is 0 Å². The zero-order valence-corrected chi connectivity index (χ0v) is 20.9. The lowest BCUT2D eigenvalue weighted by Crippen LogP contribution is -2.47. The van der Waals surface area contributed by atoms with Crippen molar-refractivity contribution in [2.75, 3.05) is 40.0 Å². The van der Waals surface area contributed by atoms with Crippen LogP contribution in [-0.2, 0) is 29.2 Å². The monoisotopic (exact) mass is 487 g/mol. The number of ether oxygens (including phenoxy) is 3. The van der Waals surface area contributed by atoms with Crippen LogP contribution in [0.3, 0.4) is 0 Å². The number of rotatable bonds is 6. The fourth-order valence-corrected chi connectivity index (χ4v) is 4.62. The summed E-state index contributed by atoms with van der Waals surface area (Å²) in [6.07, 6.45) is 2.67. The van der Waals surface area contributed by atoms with Gasteiger partial charge in [0, 0.05) is 38.5 Å². The number of aliphatic hydroxyl groups excluding tert-OH is 1. The van der Waals surface area contributed by atoms with Crippen molar-refractivity contribution in [2.24, 2.45) is 5.92 Å². The maximum Gasteiger partial charge on any atom is 0.222 e. The number of amides is 1. The second-order valence-electron chi connectivity index (χ2n) is 9.63. The van der Waals surface area contributed by atoms with Crippen LogP contribution < -0.4 is 9.47 Å². The van der Waals surface area contributed by atoms with Crippen molar-refractivity contribution in [1.29, 1.82) is 0 Å². The summed E-state index contributed by atoms with van der Waals surface area (Å²) >= 11 is 0. The van der Waals surface area contributed by atoms with Crippen LogP contribution in [0.4, 0.5) is 0 Å². The number of benzene rings is 1. The van der Waals surface area contributed by atoms with Gasteiger partial charge in [-0.2, -0.15) is 0 Å². The summed E-state index contributed by atoms with van der Waals surface area (Å²) in [7, 11) is 2.06. The van der Waals surface area contributed by atoms with Crippen molar-refractivity contribution in [3.8, 4) is 11.5 Å². The van der Waals surface area contributed by atoms with E-state index in [1.807, 2.05) is 23.7 Å². The Bertz CT molecular complexity index is 983. The van der Waals surface area contributed by atoms with E-state index in [1.165, 1.54) is 0 Å². The van der Waals surface area contributed by atoms with Gasteiger partial charge in [0.15, 0.2) is 11.5 Å². The van der Waals surface area contributed by atoms with E-state index < -0.39 is 0 Å². The number of likely N-dealkylation sites (N-methyl/N-ethyl adjacent to an activating group) is 1. The fourth-order valence-electron chi connectivity index (χ4n) is 4.62. The van der Waals surface area contributed by atoms with E-state index in [0.29, 0.717) is 52.3 Å². The van der Waals surface area contributed by atoms with Crippen molar-refractivity contribution in [2.45, 2.75) is 58.5 Å². The molecule has 10 heteroatoms. The van der Waals surface area contributed by atoms with Crippen LogP contribution in [0.2, 0.25) is 0 Å². The molecule has 35 heavy (non-hydrogen) atoms. The van der Waals surface area contributed by atoms with E-state index in [-0.39, 0.29) is 30.6 Å². The molecule has 0 saturated carbocycles. The number of hydrogen-bond donors (Lipinski definition) is 1. The molecule has 0 unspecified atom stereocenters. The maximum atomic E-state index is 13.0. The molecule has 2 aliphatic heterocycles. The minimum absolute atomic E-state index is 0.0454. The molecule has 0 spiro atoms. The molecule has 0 saturated heterocycles. The molecule has 10 nitrogen and oxygen atoms in total. The largest absolute Gasteiger partial charge is 0.486 e. The Kier molecular flexibility index (Phi) is 8.59. The molecular weight excluding hydrogens is 450 g/mol. The van der Waals surface area contributed by atoms with Gasteiger partial charge < -0.3 is 24.2 Å².